The number of ether oxygens (including phenoxy) is 1. The van der Waals surface area contributed by atoms with Gasteiger partial charge in [-0.3, -0.25) is 4.79 Å². The summed E-state index contributed by atoms with van der Waals surface area (Å²) in [7, 11) is 1.71. The zero-order chi connectivity index (χ0) is 15.3. The molecule has 7 nitrogen and oxygen atoms in total. The Morgan fingerprint density at radius 3 is 2.60 bits per heavy atom. The first-order chi connectivity index (χ1) is 9.36. The van der Waals surface area contributed by atoms with Crippen LogP contribution < -0.4 is 0 Å². The molecule has 1 aromatic rings. The molecule has 1 amide bonds. The molecule has 20 heavy (non-hydrogen) atoms. The molecule has 0 spiro atoms. The molecule has 0 N–H and O–H groups in total. The van der Waals surface area contributed by atoms with E-state index >= 15 is 0 Å². The van der Waals surface area contributed by atoms with Gasteiger partial charge < -0.3 is 9.64 Å². The average molecular weight is 282 g/mol. The van der Waals surface area contributed by atoms with E-state index in [4.69, 9.17) is 4.74 Å². The second-order valence-electron chi connectivity index (χ2n) is 5.08. The first kappa shape index (κ1) is 16.1. The van der Waals surface area contributed by atoms with Crippen molar-refractivity contribution in [2.24, 2.45) is 5.92 Å². The second kappa shape index (κ2) is 7.02. The molecule has 0 aromatic carbocycles. The van der Waals surface area contributed by atoms with Crippen LogP contribution in [0.1, 0.15) is 37.0 Å². The molecule has 1 heterocycles. The highest BCUT2D eigenvalue weighted by molar-refractivity contribution is 5.88. The van der Waals surface area contributed by atoms with E-state index in [1.807, 2.05) is 20.8 Å². The quantitative estimate of drug-likeness (QED) is 0.724. The molecule has 0 bridgehead atoms. The van der Waals surface area contributed by atoms with Gasteiger partial charge in [-0.2, -0.15) is 0 Å². The van der Waals surface area contributed by atoms with Crippen molar-refractivity contribution < 1.29 is 14.3 Å². The maximum atomic E-state index is 11.8. The van der Waals surface area contributed by atoms with E-state index in [1.54, 1.807) is 18.9 Å². The zero-order valence-corrected chi connectivity index (χ0v) is 12.7. The van der Waals surface area contributed by atoms with E-state index in [0.29, 0.717) is 18.8 Å². The number of carbonyl (C=O) groups excluding carboxylic acids is 2. The van der Waals surface area contributed by atoms with E-state index < -0.39 is 5.97 Å². The number of hydrogen-bond donors (Lipinski definition) is 0. The largest absolute Gasteiger partial charge is 0.461 e. The van der Waals surface area contributed by atoms with Crippen LogP contribution >= 0.6 is 0 Å². The van der Waals surface area contributed by atoms with Gasteiger partial charge in [0.25, 0.3) is 0 Å². The van der Waals surface area contributed by atoms with Crippen molar-refractivity contribution in [3.05, 3.63) is 11.4 Å². The van der Waals surface area contributed by atoms with E-state index in [0.717, 1.165) is 0 Å². The van der Waals surface area contributed by atoms with Gasteiger partial charge in [-0.1, -0.05) is 19.1 Å². The van der Waals surface area contributed by atoms with Crippen molar-refractivity contribution in [2.45, 2.75) is 34.2 Å². The molecule has 0 aliphatic carbocycles. The molecular weight excluding hydrogens is 260 g/mol. The summed E-state index contributed by atoms with van der Waals surface area (Å²) < 4.78 is 6.52. The molecule has 0 saturated heterocycles. The summed E-state index contributed by atoms with van der Waals surface area (Å²) in [5.74, 6) is -0.324. The van der Waals surface area contributed by atoms with Gasteiger partial charge in [0.1, 0.15) is 6.54 Å². The standard InChI is InChI=1S/C13H22N4O3/c1-6-16(5)11(18)7-17-10(4)12(14-15-17)13(19)20-8-9(2)3/h9H,6-8H2,1-5H3. The molecule has 0 saturated carbocycles. The van der Waals surface area contributed by atoms with Crippen LogP contribution in [-0.2, 0) is 16.1 Å². The highest BCUT2D eigenvalue weighted by Gasteiger charge is 2.20. The van der Waals surface area contributed by atoms with Gasteiger partial charge in [-0.05, 0) is 19.8 Å². The first-order valence-electron chi connectivity index (χ1n) is 6.68. The number of rotatable bonds is 6. The second-order valence-corrected chi connectivity index (χ2v) is 5.08. The molecule has 7 heteroatoms. The molecule has 0 atom stereocenters. The van der Waals surface area contributed by atoms with Crippen molar-refractivity contribution in [2.75, 3.05) is 20.2 Å². The molecule has 0 aliphatic rings. The topological polar surface area (TPSA) is 77.3 Å². The summed E-state index contributed by atoms with van der Waals surface area (Å²) in [6, 6.07) is 0. The normalized spacial score (nSPS) is 10.7. The predicted octanol–water partition coefficient (Wildman–Crippen LogP) is 0.878. The van der Waals surface area contributed by atoms with Crippen LogP contribution in [0.2, 0.25) is 0 Å². The summed E-state index contributed by atoms with van der Waals surface area (Å²) in [6.45, 7) is 8.53. The fourth-order valence-corrected chi connectivity index (χ4v) is 1.44. The van der Waals surface area contributed by atoms with Gasteiger partial charge in [-0.15, -0.1) is 5.10 Å². The Morgan fingerprint density at radius 1 is 1.40 bits per heavy atom. The molecule has 0 unspecified atom stereocenters. The van der Waals surface area contributed by atoms with Gasteiger partial charge >= 0.3 is 5.97 Å². The molecule has 0 fully saturated rings. The minimum Gasteiger partial charge on any atom is -0.461 e. The molecule has 1 rings (SSSR count). The molecule has 1 aromatic heterocycles. The fourth-order valence-electron chi connectivity index (χ4n) is 1.44. The lowest BCUT2D eigenvalue weighted by atomic mass is 10.2. The van der Waals surface area contributed by atoms with Crippen LogP contribution in [0.15, 0.2) is 0 Å². The van der Waals surface area contributed by atoms with E-state index in [9.17, 15) is 9.59 Å². The monoisotopic (exact) mass is 282 g/mol. The van der Waals surface area contributed by atoms with Crippen molar-refractivity contribution in [1.82, 2.24) is 19.9 Å². The maximum Gasteiger partial charge on any atom is 0.360 e. The minimum absolute atomic E-state index is 0.0701. The highest BCUT2D eigenvalue weighted by Crippen LogP contribution is 2.07. The summed E-state index contributed by atoms with van der Waals surface area (Å²) in [4.78, 5) is 25.2. The van der Waals surface area contributed by atoms with Gasteiger partial charge in [-0.25, -0.2) is 9.48 Å². The number of esters is 1. The number of carbonyl (C=O) groups is 2. The Kier molecular flexibility index (Phi) is 5.66. The fraction of sp³-hybridized carbons (Fsp3) is 0.692. The number of nitrogens with zero attached hydrogens (tertiary/aromatic N) is 4. The van der Waals surface area contributed by atoms with E-state index in [-0.39, 0.29) is 24.1 Å². The van der Waals surface area contributed by atoms with Crippen LogP contribution in [-0.4, -0.2) is 52.0 Å². The van der Waals surface area contributed by atoms with Crippen LogP contribution in [0, 0.1) is 12.8 Å². The Balaban J connectivity index is 2.74. The number of likely N-dealkylation sites (N-methyl/N-ethyl adjacent to an activating group) is 1. The summed E-state index contributed by atoms with van der Waals surface area (Å²) >= 11 is 0. The summed E-state index contributed by atoms with van der Waals surface area (Å²) in [5.41, 5.74) is 0.703. The third-order valence-corrected chi connectivity index (χ3v) is 2.91. The van der Waals surface area contributed by atoms with Crippen LogP contribution in [0.5, 0.6) is 0 Å². The molecule has 0 aliphatic heterocycles. The number of amides is 1. The number of hydrogen-bond acceptors (Lipinski definition) is 5. The van der Waals surface area contributed by atoms with Crippen molar-refractivity contribution >= 4 is 11.9 Å². The van der Waals surface area contributed by atoms with Gasteiger partial charge in [0, 0.05) is 13.6 Å². The minimum atomic E-state index is -0.501. The van der Waals surface area contributed by atoms with Crippen LogP contribution in [0.4, 0.5) is 0 Å². The lowest BCUT2D eigenvalue weighted by Gasteiger charge is -2.14. The summed E-state index contributed by atoms with van der Waals surface area (Å²) in [5, 5.41) is 7.64. The lowest BCUT2D eigenvalue weighted by Crippen LogP contribution is -2.30. The predicted molar refractivity (Wildman–Crippen MR) is 73.2 cm³/mol. The highest BCUT2D eigenvalue weighted by atomic mass is 16.5. The van der Waals surface area contributed by atoms with Gasteiger partial charge in [0.15, 0.2) is 5.69 Å². The number of aromatic nitrogens is 3. The Morgan fingerprint density at radius 2 is 2.05 bits per heavy atom. The first-order valence-corrected chi connectivity index (χ1v) is 6.68. The van der Waals surface area contributed by atoms with E-state index in [2.05, 4.69) is 10.3 Å². The molecular formula is C13H22N4O3. The lowest BCUT2D eigenvalue weighted by molar-refractivity contribution is -0.130. The summed E-state index contributed by atoms with van der Waals surface area (Å²) in [6.07, 6.45) is 0. The van der Waals surface area contributed by atoms with Crippen molar-refractivity contribution in [3.8, 4) is 0 Å². The van der Waals surface area contributed by atoms with Crippen molar-refractivity contribution in [1.29, 1.82) is 0 Å². The zero-order valence-electron chi connectivity index (χ0n) is 12.7. The third kappa shape index (κ3) is 4.04. The molecule has 112 valence electrons. The SMILES string of the molecule is CCN(C)C(=O)Cn1nnc(C(=O)OCC(C)C)c1C. The van der Waals surface area contributed by atoms with Gasteiger partial charge in [0.2, 0.25) is 5.91 Å². The Labute approximate surface area is 118 Å². The Hall–Kier alpha value is -1.92. The van der Waals surface area contributed by atoms with E-state index in [1.165, 1.54) is 4.68 Å². The Bertz CT molecular complexity index is 482. The smallest absolute Gasteiger partial charge is 0.360 e. The average Bonchev–Trinajstić information content (AvgIpc) is 2.76. The van der Waals surface area contributed by atoms with Gasteiger partial charge in [0.05, 0.1) is 12.3 Å². The maximum absolute atomic E-state index is 11.8. The van der Waals surface area contributed by atoms with Crippen LogP contribution in [0.3, 0.4) is 0 Å². The third-order valence-electron chi connectivity index (χ3n) is 2.91. The molecule has 0 radical (unpaired) electrons. The van der Waals surface area contributed by atoms with Crippen molar-refractivity contribution in [3.63, 3.8) is 0 Å². The van der Waals surface area contributed by atoms with Crippen LogP contribution in [0.25, 0.3) is 0 Å².